The number of urea groups is 1. The van der Waals surface area contributed by atoms with E-state index >= 15 is 0 Å². The normalized spacial score (nSPS) is 12.0. The molecule has 12 nitrogen and oxygen atoms in total. The molecule has 268 valence electrons. The Morgan fingerprint density at radius 2 is 1.76 bits per heavy atom. The summed E-state index contributed by atoms with van der Waals surface area (Å²) >= 11 is 8.80. The van der Waals surface area contributed by atoms with Crippen molar-refractivity contribution < 1.29 is 33.4 Å². The van der Waals surface area contributed by atoms with Crippen LogP contribution in [0.15, 0.2) is 65.8 Å². The first kappa shape index (κ1) is 40.0. The molecule has 0 aliphatic carbocycles. The highest BCUT2D eigenvalue weighted by Gasteiger charge is 2.27. The number of amides is 4. The summed E-state index contributed by atoms with van der Waals surface area (Å²) < 4.78 is 11.0. The maximum Gasteiger partial charge on any atom is 0.335 e. The zero-order valence-corrected chi connectivity index (χ0v) is 30.8. The average Bonchev–Trinajstić information content (AvgIpc) is 3.56. The Morgan fingerprint density at radius 3 is 2.42 bits per heavy atom. The highest BCUT2D eigenvalue weighted by atomic mass is 35.5. The molecular weight excluding hydrogens is 702 g/mol. The SMILES string of the molecule is CCNC(=O)COc1ccc(CCNC(=O)N/N=C(\CSCc2ccccc2Cl)[C@H](CC(=O)OC(C)(C)C)NC(=O)c2ccc(C=O)s2)cc1. The van der Waals surface area contributed by atoms with Crippen LogP contribution in [0.3, 0.4) is 0 Å². The predicted molar refractivity (Wildman–Crippen MR) is 197 cm³/mol. The van der Waals surface area contributed by atoms with Crippen LogP contribution in [0.4, 0.5) is 4.79 Å². The van der Waals surface area contributed by atoms with E-state index in [0.29, 0.717) is 46.4 Å². The van der Waals surface area contributed by atoms with Crippen LogP contribution in [-0.4, -0.2) is 72.9 Å². The minimum Gasteiger partial charge on any atom is -0.484 e. The van der Waals surface area contributed by atoms with Crippen molar-refractivity contribution in [2.24, 2.45) is 5.10 Å². The number of nitrogens with zero attached hydrogens (tertiary/aromatic N) is 1. The van der Waals surface area contributed by atoms with Gasteiger partial charge in [-0.1, -0.05) is 41.9 Å². The third kappa shape index (κ3) is 14.6. The maximum absolute atomic E-state index is 13.3. The van der Waals surface area contributed by atoms with Crippen molar-refractivity contribution in [3.8, 4) is 5.75 Å². The molecular formula is C35H42ClN5O7S2. The van der Waals surface area contributed by atoms with E-state index in [9.17, 15) is 24.0 Å². The number of thioether (sulfide) groups is 1. The largest absolute Gasteiger partial charge is 0.484 e. The third-order valence-corrected chi connectivity index (χ3v) is 8.99. The molecule has 1 heterocycles. The number of hydrogen-bond acceptors (Lipinski definition) is 10. The van der Waals surface area contributed by atoms with E-state index in [1.54, 1.807) is 39.0 Å². The minimum absolute atomic E-state index is 0.0760. The summed E-state index contributed by atoms with van der Waals surface area (Å²) in [5.41, 5.74) is 3.86. The van der Waals surface area contributed by atoms with Crippen LogP contribution >= 0.6 is 34.7 Å². The van der Waals surface area contributed by atoms with E-state index in [4.69, 9.17) is 21.1 Å². The zero-order chi connectivity index (χ0) is 36.5. The molecule has 4 N–H and O–H groups in total. The topological polar surface area (TPSA) is 164 Å². The van der Waals surface area contributed by atoms with Gasteiger partial charge in [-0.05, 0) is 75.6 Å². The van der Waals surface area contributed by atoms with Crippen molar-refractivity contribution in [1.82, 2.24) is 21.4 Å². The number of carbonyl (C=O) groups is 5. The minimum atomic E-state index is -0.952. The molecule has 0 spiro atoms. The number of nitrogens with one attached hydrogen (secondary N) is 4. The number of aldehydes is 1. The van der Waals surface area contributed by atoms with E-state index in [2.05, 4.69) is 26.5 Å². The Balaban J connectivity index is 1.72. The first-order chi connectivity index (χ1) is 23.9. The number of hydrogen-bond donors (Lipinski definition) is 4. The Kier molecular flexibility index (Phi) is 16.3. The first-order valence-corrected chi connectivity index (χ1v) is 18.2. The lowest BCUT2D eigenvalue weighted by Crippen LogP contribution is -2.45. The van der Waals surface area contributed by atoms with E-state index in [-0.39, 0.29) is 36.1 Å². The fourth-order valence-electron chi connectivity index (χ4n) is 4.29. The molecule has 4 amide bonds. The summed E-state index contributed by atoms with van der Waals surface area (Å²) in [7, 11) is 0. The Labute approximate surface area is 305 Å². The monoisotopic (exact) mass is 743 g/mol. The van der Waals surface area contributed by atoms with Gasteiger partial charge in [0.15, 0.2) is 12.9 Å². The quantitative estimate of drug-likeness (QED) is 0.0583. The molecule has 3 aromatic rings. The second kappa shape index (κ2) is 20.3. The van der Waals surface area contributed by atoms with Crippen molar-refractivity contribution in [3.63, 3.8) is 0 Å². The molecule has 0 aliphatic rings. The van der Waals surface area contributed by atoms with Gasteiger partial charge in [0.25, 0.3) is 11.8 Å². The molecule has 1 atom stereocenters. The highest BCUT2D eigenvalue weighted by Crippen LogP contribution is 2.22. The molecule has 50 heavy (non-hydrogen) atoms. The number of likely N-dealkylation sites (N-methyl/N-ethyl adjacent to an activating group) is 1. The molecule has 0 saturated heterocycles. The Bertz CT molecular complexity index is 1640. The van der Waals surface area contributed by atoms with E-state index in [1.807, 2.05) is 37.3 Å². The average molecular weight is 744 g/mol. The molecule has 0 saturated carbocycles. The van der Waals surface area contributed by atoms with E-state index < -0.39 is 29.6 Å². The molecule has 0 fully saturated rings. The van der Waals surface area contributed by atoms with Gasteiger partial charge in [-0.15, -0.1) is 11.3 Å². The van der Waals surface area contributed by atoms with Crippen LogP contribution in [0.1, 0.15) is 64.6 Å². The van der Waals surface area contributed by atoms with E-state index in [0.717, 1.165) is 22.5 Å². The molecule has 0 unspecified atom stereocenters. The fraction of sp³-hybridized carbons (Fsp3) is 0.371. The number of benzene rings is 2. The van der Waals surface area contributed by atoms with Gasteiger partial charge in [-0.25, -0.2) is 10.2 Å². The van der Waals surface area contributed by atoms with Gasteiger partial charge in [0.05, 0.1) is 27.9 Å². The van der Waals surface area contributed by atoms with Gasteiger partial charge in [0.2, 0.25) is 0 Å². The molecule has 3 rings (SSSR count). The lowest BCUT2D eigenvalue weighted by atomic mass is 10.1. The number of esters is 1. The van der Waals surface area contributed by atoms with Gasteiger partial charge in [0, 0.05) is 29.6 Å². The lowest BCUT2D eigenvalue weighted by Gasteiger charge is -2.24. The van der Waals surface area contributed by atoms with Gasteiger partial charge < -0.3 is 25.4 Å². The number of rotatable bonds is 18. The van der Waals surface area contributed by atoms with Crippen LogP contribution in [0.5, 0.6) is 5.75 Å². The summed E-state index contributed by atoms with van der Waals surface area (Å²) in [5, 5.41) is 13.2. The highest BCUT2D eigenvalue weighted by molar-refractivity contribution is 7.99. The second-order valence-electron chi connectivity index (χ2n) is 11.8. The fourth-order valence-corrected chi connectivity index (χ4v) is 6.35. The molecule has 0 radical (unpaired) electrons. The standard InChI is InChI=1S/C35H42ClN5O7S2/c1-5-37-31(43)20-47-25-12-10-23(11-13-25)16-17-38-34(46)41-40-29(22-49-21-24-8-6-7-9-27(24)36)28(18-32(44)48-35(2,3)4)39-33(45)30-15-14-26(19-42)50-30/h6-15,19,28H,5,16-18,20-22H2,1-4H3,(H,37,43)(H,39,45)(H2,38,41,46)/b40-29+/t28-/m0/s1. The maximum atomic E-state index is 13.3. The van der Waals surface area contributed by atoms with Gasteiger partial charge in [0.1, 0.15) is 11.4 Å². The van der Waals surface area contributed by atoms with Crippen molar-refractivity contribution in [1.29, 1.82) is 0 Å². The zero-order valence-electron chi connectivity index (χ0n) is 28.4. The predicted octanol–water partition coefficient (Wildman–Crippen LogP) is 5.39. The van der Waals surface area contributed by atoms with Crippen LogP contribution in [0.2, 0.25) is 5.02 Å². The summed E-state index contributed by atoms with van der Waals surface area (Å²) in [6.07, 6.45) is 0.905. The van der Waals surface area contributed by atoms with Crippen molar-refractivity contribution in [2.75, 3.05) is 25.4 Å². The van der Waals surface area contributed by atoms with Crippen molar-refractivity contribution in [2.45, 2.75) is 57.9 Å². The van der Waals surface area contributed by atoms with Gasteiger partial charge in [-0.2, -0.15) is 16.9 Å². The smallest absolute Gasteiger partial charge is 0.335 e. The third-order valence-electron chi connectivity index (χ3n) is 6.60. The summed E-state index contributed by atoms with van der Waals surface area (Å²) in [6, 6.07) is 16.1. The second-order valence-corrected chi connectivity index (χ2v) is 14.3. The van der Waals surface area contributed by atoms with Crippen LogP contribution in [0, 0.1) is 0 Å². The summed E-state index contributed by atoms with van der Waals surface area (Å²) in [4.78, 5) is 62.5. The summed E-state index contributed by atoms with van der Waals surface area (Å²) in [6.45, 7) is 7.78. The molecule has 15 heteroatoms. The van der Waals surface area contributed by atoms with Crippen LogP contribution < -0.4 is 26.1 Å². The lowest BCUT2D eigenvalue weighted by molar-refractivity contribution is -0.154. The van der Waals surface area contributed by atoms with Crippen molar-refractivity contribution >= 4 is 70.5 Å². The van der Waals surface area contributed by atoms with E-state index in [1.165, 1.54) is 23.9 Å². The number of halogens is 1. The summed E-state index contributed by atoms with van der Waals surface area (Å²) in [5.74, 6) is -0.0107. The molecule has 0 bridgehead atoms. The molecule has 0 aliphatic heterocycles. The Morgan fingerprint density at radius 1 is 1.02 bits per heavy atom. The van der Waals surface area contributed by atoms with Crippen LogP contribution in [0.25, 0.3) is 0 Å². The molecule has 2 aromatic carbocycles. The Hall–Kier alpha value is -4.40. The van der Waals surface area contributed by atoms with Crippen molar-refractivity contribution in [3.05, 3.63) is 86.6 Å². The number of hydrazone groups is 1. The van der Waals surface area contributed by atoms with Crippen LogP contribution in [-0.2, 0) is 26.5 Å². The van der Waals surface area contributed by atoms with Gasteiger partial charge in [-0.3, -0.25) is 19.2 Å². The first-order valence-electron chi connectivity index (χ1n) is 15.8. The van der Waals surface area contributed by atoms with Gasteiger partial charge >= 0.3 is 12.0 Å². The number of ether oxygens (including phenoxy) is 2. The molecule has 1 aromatic heterocycles. The number of thiophene rings is 1. The number of carbonyl (C=O) groups excluding carboxylic acids is 5.